The molecule has 0 radical (unpaired) electrons. The second kappa shape index (κ2) is 5.26. The number of benzene rings is 1. The third kappa shape index (κ3) is 4.19. The minimum atomic E-state index is 0.141. The molecule has 1 aromatic rings. The molecule has 0 fully saturated rings. The average molecular weight is 250 g/mol. The summed E-state index contributed by atoms with van der Waals surface area (Å²) in [5.41, 5.74) is 4.33. The second-order valence-corrected chi connectivity index (χ2v) is 7.40. The van der Waals surface area contributed by atoms with Crippen LogP contribution in [0.15, 0.2) is 12.1 Å². The van der Waals surface area contributed by atoms with Crippen LogP contribution in [0.5, 0.6) is 0 Å². The van der Waals surface area contributed by atoms with Gasteiger partial charge in [0.15, 0.2) is 5.78 Å². The Morgan fingerprint density at radius 1 is 1.12 bits per heavy atom. The van der Waals surface area contributed by atoms with Crippen molar-refractivity contribution in [2.75, 3.05) is 5.75 Å². The van der Waals surface area contributed by atoms with Crippen molar-refractivity contribution in [1.29, 1.82) is 0 Å². The molecule has 1 aromatic carbocycles. The quantitative estimate of drug-likeness (QED) is 0.743. The normalized spacial score (nSPS) is 11.6. The first-order valence-corrected chi connectivity index (χ1v) is 6.94. The maximum atomic E-state index is 12.2. The van der Waals surface area contributed by atoms with Gasteiger partial charge in [-0.2, -0.15) is 0 Å². The van der Waals surface area contributed by atoms with E-state index in [2.05, 4.69) is 39.8 Å². The molecular formula is C15H22OS. The monoisotopic (exact) mass is 250 g/mol. The van der Waals surface area contributed by atoms with Gasteiger partial charge in [-0.15, -0.1) is 11.8 Å². The van der Waals surface area contributed by atoms with E-state index >= 15 is 0 Å². The fourth-order valence-corrected chi connectivity index (χ4v) is 2.68. The minimum absolute atomic E-state index is 0.141. The van der Waals surface area contributed by atoms with Gasteiger partial charge >= 0.3 is 0 Å². The third-order valence-electron chi connectivity index (χ3n) is 2.59. The minimum Gasteiger partial charge on any atom is -0.293 e. The molecule has 0 unspecified atom stereocenters. The molecule has 0 aliphatic heterocycles. The molecular weight excluding hydrogens is 228 g/mol. The Kier molecular flexibility index (Phi) is 4.42. The van der Waals surface area contributed by atoms with Crippen molar-refractivity contribution in [1.82, 2.24) is 0 Å². The van der Waals surface area contributed by atoms with E-state index in [9.17, 15) is 4.79 Å². The first-order valence-electron chi connectivity index (χ1n) is 5.96. The van der Waals surface area contributed by atoms with Crippen LogP contribution in [0, 0.1) is 20.8 Å². The van der Waals surface area contributed by atoms with Crippen molar-refractivity contribution in [3.05, 3.63) is 34.4 Å². The molecule has 0 aliphatic carbocycles. The smallest absolute Gasteiger partial charge is 0.173 e. The fourth-order valence-electron chi connectivity index (χ4n) is 1.97. The number of carbonyl (C=O) groups excluding carboxylic acids is 1. The summed E-state index contributed by atoms with van der Waals surface area (Å²) in [5.74, 6) is 0.814. The molecule has 2 heteroatoms. The van der Waals surface area contributed by atoms with Gasteiger partial charge < -0.3 is 0 Å². The molecule has 1 rings (SSSR count). The Labute approximate surface area is 109 Å². The van der Waals surface area contributed by atoms with Gasteiger partial charge in [0.05, 0.1) is 5.75 Å². The molecule has 0 N–H and O–H groups in total. The molecule has 0 amide bonds. The number of hydrogen-bond donors (Lipinski definition) is 0. The van der Waals surface area contributed by atoms with Crippen LogP contribution in [0.1, 0.15) is 47.8 Å². The Balaban J connectivity index is 2.90. The molecule has 0 spiro atoms. The van der Waals surface area contributed by atoms with Gasteiger partial charge in [0, 0.05) is 10.3 Å². The molecule has 0 heterocycles. The molecule has 0 bridgehead atoms. The maximum absolute atomic E-state index is 12.2. The highest BCUT2D eigenvalue weighted by molar-refractivity contribution is 8.01. The first kappa shape index (κ1) is 14.3. The Morgan fingerprint density at radius 3 is 2.00 bits per heavy atom. The van der Waals surface area contributed by atoms with E-state index in [0.29, 0.717) is 5.75 Å². The summed E-state index contributed by atoms with van der Waals surface area (Å²) in [4.78, 5) is 12.2. The van der Waals surface area contributed by atoms with Crippen molar-refractivity contribution >= 4 is 17.5 Å². The molecule has 0 saturated carbocycles. The Morgan fingerprint density at radius 2 is 1.59 bits per heavy atom. The Hall–Kier alpha value is -0.760. The summed E-state index contributed by atoms with van der Waals surface area (Å²) in [6.45, 7) is 12.5. The van der Waals surface area contributed by atoms with Crippen LogP contribution in [0.4, 0.5) is 0 Å². The lowest BCUT2D eigenvalue weighted by molar-refractivity contribution is 0.102. The third-order valence-corrected chi connectivity index (χ3v) is 3.86. The number of aryl methyl sites for hydroxylation is 3. The van der Waals surface area contributed by atoms with E-state index in [1.165, 1.54) is 5.56 Å². The summed E-state index contributed by atoms with van der Waals surface area (Å²) in [7, 11) is 0. The van der Waals surface area contributed by atoms with Crippen molar-refractivity contribution < 1.29 is 4.79 Å². The zero-order valence-electron chi connectivity index (χ0n) is 11.7. The van der Waals surface area contributed by atoms with Gasteiger partial charge in [0.1, 0.15) is 0 Å². The van der Waals surface area contributed by atoms with Gasteiger partial charge in [-0.3, -0.25) is 4.79 Å². The van der Waals surface area contributed by atoms with Crippen LogP contribution < -0.4 is 0 Å². The van der Waals surface area contributed by atoms with Gasteiger partial charge in [-0.25, -0.2) is 0 Å². The van der Waals surface area contributed by atoms with Gasteiger partial charge in [-0.05, 0) is 31.9 Å². The molecule has 0 aliphatic rings. The molecule has 0 aromatic heterocycles. The topological polar surface area (TPSA) is 17.1 Å². The number of thioether (sulfide) groups is 1. The summed E-state index contributed by atoms with van der Waals surface area (Å²) in [6, 6.07) is 4.17. The molecule has 94 valence electrons. The largest absolute Gasteiger partial charge is 0.293 e. The van der Waals surface area contributed by atoms with Gasteiger partial charge in [-0.1, -0.05) is 38.5 Å². The van der Waals surface area contributed by atoms with Crippen molar-refractivity contribution in [2.24, 2.45) is 0 Å². The number of Topliss-reactive ketones (excluding diaryl/α,β-unsaturated/α-hetero) is 1. The van der Waals surface area contributed by atoms with Crippen LogP contribution in [0.2, 0.25) is 0 Å². The van der Waals surface area contributed by atoms with Crippen LogP contribution in [0.25, 0.3) is 0 Å². The van der Waals surface area contributed by atoms with Crippen molar-refractivity contribution in [2.45, 2.75) is 46.3 Å². The van der Waals surface area contributed by atoms with E-state index < -0.39 is 0 Å². The van der Waals surface area contributed by atoms with E-state index in [1.54, 1.807) is 11.8 Å². The highest BCUT2D eigenvalue weighted by Gasteiger charge is 2.17. The lowest BCUT2D eigenvalue weighted by atomic mass is 9.97. The van der Waals surface area contributed by atoms with E-state index in [1.807, 2.05) is 13.8 Å². The van der Waals surface area contributed by atoms with Crippen LogP contribution >= 0.6 is 11.8 Å². The predicted octanol–water partition coefficient (Wildman–Crippen LogP) is 4.33. The lowest BCUT2D eigenvalue weighted by Gasteiger charge is -2.18. The van der Waals surface area contributed by atoms with Gasteiger partial charge in [0.25, 0.3) is 0 Å². The molecule has 17 heavy (non-hydrogen) atoms. The van der Waals surface area contributed by atoms with E-state index in [-0.39, 0.29) is 10.5 Å². The molecule has 1 nitrogen and oxygen atoms in total. The van der Waals surface area contributed by atoms with Gasteiger partial charge in [0.2, 0.25) is 0 Å². The number of carbonyl (C=O) groups is 1. The summed E-state index contributed by atoms with van der Waals surface area (Å²) < 4.78 is 0.141. The highest BCUT2D eigenvalue weighted by Crippen LogP contribution is 2.25. The number of hydrogen-bond acceptors (Lipinski definition) is 2. The van der Waals surface area contributed by atoms with E-state index in [0.717, 1.165) is 16.7 Å². The predicted molar refractivity (Wildman–Crippen MR) is 77.2 cm³/mol. The fraction of sp³-hybridized carbons (Fsp3) is 0.533. The zero-order valence-corrected chi connectivity index (χ0v) is 12.5. The van der Waals surface area contributed by atoms with Crippen LogP contribution in [-0.4, -0.2) is 16.3 Å². The zero-order chi connectivity index (χ0) is 13.2. The van der Waals surface area contributed by atoms with E-state index in [4.69, 9.17) is 0 Å². The molecule has 0 saturated heterocycles. The first-order chi connectivity index (χ1) is 7.70. The maximum Gasteiger partial charge on any atom is 0.173 e. The van der Waals surface area contributed by atoms with Crippen molar-refractivity contribution in [3.8, 4) is 0 Å². The highest BCUT2D eigenvalue weighted by atomic mass is 32.2. The summed E-state index contributed by atoms with van der Waals surface area (Å²) in [5, 5.41) is 0. The van der Waals surface area contributed by atoms with Crippen LogP contribution in [-0.2, 0) is 0 Å². The summed E-state index contributed by atoms with van der Waals surface area (Å²) in [6.07, 6.45) is 0. The van der Waals surface area contributed by atoms with Crippen LogP contribution in [0.3, 0.4) is 0 Å². The number of rotatable bonds is 3. The average Bonchev–Trinajstić information content (AvgIpc) is 2.11. The lowest BCUT2D eigenvalue weighted by Crippen LogP contribution is -2.14. The standard InChI is InChI=1S/C15H22OS/c1-10-7-11(2)14(12(3)8-10)13(16)9-17-15(4,5)6/h7-8H,9H2,1-6H3. The SMILES string of the molecule is Cc1cc(C)c(C(=O)CSC(C)(C)C)c(C)c1. The molecule has 0 atom stereocenters. The second-order valence-electron chi connectivity index (χ2n) is 5.60. The number of ketones is 1. The Bertz CT molecular complexity index is 404. The summed E-state index contributed by atoms with van der Waals surface area (Å²) >= 11 is 1.71. The van der Waals surface area contributed by atoms with Crippen molar-refractivity contribution in [3.63, 3.8) is 0 Å².